The molecule has 1 atom stereocenters. The number of halogens is 2. The molecule has 0 bridgehead atoms. The predicted octanol–water partition coefficient (Wildman–Crippen LogP) is 3.51. The first-order chi connectivity index (χ1) is 9.44. The monoisotopic (exact) mass is 284 g/mol. The van der Waals surface area contributed by atoms with Crippen LogP contribution >= 0.6 is 0 Å². The topological polar surface area (TPSA) is 32.3 Å². The van der Waals surface area contributed by atoms with E-state index in [9.17, 15) is 13.6 Å². The third-order valence-electron chi connectivity index (χ3n) is 3.44. The Kier molecular flexibility index (Phi) is 5.92. The Labute approximate surface area is 119 Å². The van der Waals surface area contributed by atoms with Crippen molar-refractivity contribution in [2.75, 3.05) is 25.5 Å². The van der Waals surface area contributed by atoms with E-state index in [2.05, 4.69) is 5.32 Å². The fraction of sp³-hybridized carbons (Fsp3) is 0.533. The van der Waals surface area contributed by atoms with Crippen molar-refractivity contribution in [3.8, 4) is 0 Å². The highest BCUT2D eigenvalue weighted by Gasteiger charge is 2.19. The Hall–Kier alpha value is -1.65. The Morgan fingerprint density at radius 3 is 2.25 bits per heavy atom. The quantitative estimate of drug-likeness (QED) is 0.867. The van der Waals surface area contributed by atoms with Gasteiger partial charge in [0, 0.05) is 25.7 Å². The molecule has 1 aromatic carbocycles. The first-order valence-corrected chi connectivity index (χ1v) is 6.90. The summed E-state index contributed by atoms with van der Waals surface area (Å²) in [5.41, 5.74) is -0.171. The molecule has 1 N–H and O–H groups in total. The van der Waals surface area contributed by atoms with Crippen molar-refractivity contribution in [3.63, 3.8) is 0 Å². The van der Waals surface area contributed by atoms with Gasteiger partial charge in [-0.1, -0.05) is 20.3 Å². The zero-order chi connectivity index (χ0) is 15.3. The lowest BCUT2D eigenvalue weighted by atomic mass is 10.1. The Bertz CT molecular complexity index is 454. The van der Waals surface area contributed by atoms with Crippen LogP contribution in [0, 0.1) is 17.6 Å². The summed E-state index contributed by atoms with van der Waals surface area (Å²) in [5.74, 6) is -1.50. The molecule has 1 rings (SSSR count). The second kappa shape index (κ2) is 7.22. The molecule has 112 valence electrons. The molecule has 1 unspecified atom stereocenters. The molecule has 0 aliphatic rings. The van der Waals surface area contributed by atoms with Crippen LogP contribution in [0.1, 0.15) is 37.6 Å². The number of nitrogens with zero attached hydrogens (tertiary/aromatic N) is 1. The second-order valence-corrected chi connectivity index (χ2v) is 4.92. The maximum atomic E-state index is 13.7. The molecule has 0 heterocycles. The lowest BCUT2D eigenvalue weighted by Crippen LogP contribution is -2.34. The van der Waals surface area contributed by atoms with E-state index < -0.39 is 11.6 Å². The molecule has 0 saturated heterocycles. The van der Waals surface area contributed by atoms with E-state index in [0.717, 1.165) is 18.6 Å². The average molecular weight is 284 g/mol. The standard InChI is InChI=1S/C15H22F2N2O/c1-5-10(3)9-19(6-2)15(20)11-7-12(16)14(18-4)13(17)8-11/h7-8,10,18H,5-6,9H2,1-4H3. The molecule has 5 heteroatoms. The lowest BCUT2D eigenvalue weighted by molar-refractivity contribution is 0.0740. The molecule has 0 spiro atoms. The lowest BCUT2D eigenvalue weighted by Gasteiger charge is -2.24. The molecule has 20 heavy (non-hydrogen) atoms. The number of hydrogen-bond donors (Lipinski definition) is 1. The molecule has 0 aliphatic heterocycles. The summed E-state index contributed by atoms with van der Waals surface area (Å²) in [6.45, 7) is 7.04. The maximum absolute atomic E-state index is 13.7. The average Bonchev–Trinajstić information content (AvgIpc) is 2.43. The highest BCUT2D eigenvalue weighted by molar-refractivity contribution is 5.94. The summed E-state index contributed by atoms with van der Waals surface area (Å²) < 4.78 is 27.4. The summed E-state index contributed by atoms with van der Waals surface area (Å²) in [6.07, 6.45) is 0.950. The van der Waals surface area contributed by atoms with Crippen molar-refractivity contribution in [3.05, 3.63) is 29.3 Å². The fourth-order valence-corrected chi connectivity index (χ4v) is 1.98. The summed E-state index contributed by atoms with van der Waals surface area (Å²) in [7, 11) is 1.43. The fourth-order valence-electron chi connectivity index (χ4n) is 1.98. The van der Waals surface area contributed by atoms with Crippen molar-refractivity contribution in [2.45, 2.75) is 27.2 Å². The SMILES string of the molecule is CCC(C)CN(CC)C(=O)c1cc(F)c(NC)c(F)c1. The van der Waals surface area contributed by atoms with Gasteiger partial charge < -0.3 is 10.2 Å². The van der Waals surface area contributed by atoms with Gasteiger partial charge in [0.05, 0.1) is 0 Å². The largest absolute Gasteiger partial charge is 0.383 e. The summed E-state index contributed by atoms with van der Waals surface area (Å²) in [5, 5.41) is 2.44. The third-order valence-corrected chi connectivity index (χ3v) is 3.44. The van der Waals surface area contributed by atoms with Gasteiger partial charge in [-0.15, -0.1) is 0 Å². The van der Waals surface area contributed by atoms with Crippen LogP contribution in [0.2, 0.25) is 0 Å². The van der Waals surface area contributed by atoms with E-state index in [1.807, 2.05) is 20.8 Å². The highest BCUT2D eigenvalue weighted by atomic mass is 19.1. The van der Waals surface area contributed by atoms with Gasteiger partial charge in [0.2, 0.25) is 0 Å². The number of amides is 1. The van der Waals surface area contributed by atoms with Gasteiger partial charge in [0.1, 0.15) is 17.3 Å². The molecular formula is C15H22F2N2O. The number of rotatable bonds is 6. The Morgan fingerprint density at radius 1 is 1.30 bits per heavy atom. The van der Waals surface area contributed by atoms with E-state index in [1.54, 1.807) is 4.90 Å². The first kappa shape index (κ1) is 16.4. The Balaban J connectivity index is 3.01. The normalized spacial score (nSPS) is 12.1. The molecule has 1 aromatic rings. The van der Waals surface area contributed by atoms with Crippen molar-refractivity contribution >= 4 is 11.6 Å². The predicted molar refractivity (Wildman–Crippen MR) is 76.9 cm³/mol. The molecule has 0 saturated carbocycles. The molecular weight excluding hydrogens is 262 g/mol. The molecule has 3 nitrogen and oxygen atoms in total. The number of nitrogens with one attached hydrogen (secondary N) is 1. The Morgan fingerprint density at radius 2 is 1.85 bits per heavy atom. The third kappa shape index (κ3) is 3.68. The van der Waals surface area contributed by atoms with E-state index in [-0.39, 0.29) is 17.2 Å². The second-order valence-electron chi connectivity index (χ2n) is 4.92. The van der Waals surface area contributed by atoms with E-state index in [1.165, 1.54) is 7.05 Å². The van der Waals surface area contributed by atoms with Crippen LogP contribution in [-0.2, 0) is 0 Å². The van der Waals surface area contributed by atoms with Gasteiger partial charge in [0.25, 0.3) is 5.91 Å². The molecule has 0 fully saturated rings. The number of carbonyl (C=O) groups is 1. The molecule has 0 aromatic heterocycles. The molecule has 0 aliphatic carbocycles. The minimum absolute atomic E-state index is 0.0455. The minimum Gasteiger partial charge on any atom is -0.383 e. The summed E-state index contributed by atoms with van der Waals surface area (Å²) >= 11 is 0. The number of hydrogen-bond acceptors (Lipinski definition) is 2. The zero-order valence-corrected chi connectivity index (χ0v) is 12.5. The van der Waals surface area contributed by atoms with E-state index >= 15 is 0 Å². The van der Waals surface area contributed by atoms with Gasteiger partial charge in [-0.05, 0) is 25.0 Å². The van der Waals surface area contributed by atoms with Crippen LogP contribution in [0.15, 0.2) is 12.1 Å². The summed E-state index contributed by atoms with van der Waals surface area (Å²) in [6, 6.07) is 2.16. The van der Waals surface area contributed by atoms with Crippen LogP contribution in [0.25, 0.3) is 0 Å². The number of anilines is 1. The van der Waals surface area contributed by atoms with Crippen LogP contribution < -0.4 is 5.32 Å². The van der Waals surface area contributed by atoms with Crippen LogP contribution in [-0.4, -0.2) is 30.9 Å². The van der Waals surface area contributed by atoms with E-state index in [4.69, 9.17) is 0 Å². The van der Waals surface area contributed by atoms with Gasteiger partial charge in [0.15, 0.2) is 0 Å². The number of benzene rings is 1. The van der Waals surface area contributed by atoms with Gasteiger partial charge in [-0.2, -0.15) is 0 Å². The van der Waals surface area contributed by atoms with Crippen molar-refractivity contribution in [1.82, 2.24) is 4.90 Å². The van der Waals surface area contributed by atoms with Crippen LogP contribution in [0.4, 0.5) is 14.5 Å². The van der Waals surface area contributed by atoms with Crippen molar-refractivity contribution < 1.29 is 13.6 Å². The van der Waals surface area contributed by atoms with Gasteiger partial charge in [-0.25, -0.2) is 8.78 Å². The molecule has 0 radical (unpaired) electrons. The highest BCUT2D eigenvalue weighted by Crippen LogP contribution is 2.21. The molecule has 1 amide bonds. The van der Waals surface area contributed by atoms with Crippen LogP contribution in [0.5, 0.6) is 0 Å². The maximum Gasteiger partial charge on any atom is 0.254 e. The van der Waals surface area contributed by atoms with Gasteiger partial charge >= 0.3 is 0 Å². The first-order valence-electron chi connectivity index (χ1n) is 6.90. The van der Waals surface area contributed by atoms with Gasteiger partial charge in [-0.3, -0.25) is 4.79 Å². The van der Waals surface area contributed by atoms with Crippen LogP contribution in [0.3, 0.4) is 0 Å². The van der Waals surface area contributed by atoms with Crippen molar-refractivity contribution in [1.29, 1.82) is 0 Å². The van der Waals surface area contributed by atoms with Crippen molar-refractivity contribution in [2.24, 2.45) is 5.92 Å². The zero-order valence-electron chi connectivity index (χ0n) is 12.5. The summed E-state index contributed by atoms with van der Waals surface area (Å²) in [4.78, 5) is 13.9. The van der Waals surface area contributed by atoms with E-state index in [0.29, 0.717) is 19.0 Å². The minimum atomic E-state index is -0.754. The smallest absolute Gasteiger partial charge is 0.254 e. The number of carbonyl (C=O) groups excluding carboxylic acids is 1.